The first kappa shape index (κ1) is 33.3. The first-order valence-electron chi connectivity index (χ1n) is 14.7. The summed E-state index contributed by atoms with van der Waals surface area (Å²) in [6.45, 7) is 1.92. The molecule has 0 aliphatic carbocycles. The van der Waals surface area contributed by atoms with Gasteiger partial charge >= 0.3 is 5.97 Å². The van der Waals surface area contributed by atoms with Gasteiger partial charge in [-0.1, -0.05) is 24.3 Å². The molecule has 4 amide bonds. The standard InChI is InChI=1S/C35H28N4O8S/c1-2-47-35(44)24-13-17-26(18-14-24)38-31(40)21-30(34(38)43)48-28-10-6-9-25(20-28)36-33(42)29(37-32(41)23-7-4-3-5-8-23)19-22-11-15-27(16-12-22)39(45)46/h3-20,30H,2,21H2,1H3,(H,36,42)(H,37,41). The summed E-state index contributed by atoms with van der Waals surface area (Å²) in [4.78, 5) is 76.7. The van der Waals surface area contributed by atoms with Crippen LogP contribution in [0.4, 0.5) is 17.1 Å². The smallest absolute Gasteiger partial charge is 0.338 e. The van der Waals surface area contributed by atoms with E-state index in [4.69, 9.17) is 4.74 Å². The number of anilines is 2. The highest BCUT2D eigenvalue weighted by atomic mass is 32.2. The van der Waals surface area contributed by atoms with Crippen LogP contribution in [0, 0.1) is 10.1 Å². The van der Waals surface area contributed by atoms with Gasteiger partial charge in [-0.15, -0.1) is 11.8 Å². The molecular weight excluding hydrogens is 636 g/mol. The average molecular weight is 665 g/mol. The van der Waals surface area contributed by atoms with E-state index in [2.05, 4.69) is 10.6 Å². The van der Waals surface area contributed by atoms with Crippen LogP contribution in [0.3, 0.4) is 0 Å². The van der Waals surface area contributed by atoms with Crippen molar-refractivity contribution < 1.29 is 33.6 Å². The van der Waals surface area contributed by atoms with Crippen LogP contribution < -0.4 is 15.5 Å². The van der Waals surface area contributed by atoms with Gasteiger partial charge in [0, 0.05) is 34.7 Å². The van der Waals surface area contributed by atoms with Crippen molar-refractivity contribution in [3.05, 3.63) is 136 Å². The Labute approximate surface area is 278 Å². The Bertz CT molecular complexity index is 1910. The molecule has 1 aliphatic rings. The molecular formula is C35H28N4O8S. The average Bonchev–Trinajstić information content (AvgIpc) is 3.36. The molecule has 0 aromatic heterocycles. The predicted molar refractivity (Wildman–Crippen MR) is 179 cm³/mol. The third-order valence-corrected chi connectivity index (χ3v) is 8.23. The van der Waals surface area contributed by atoms with E-state index in [1.54, 1.807) is 61.5 Å². The molecule has 1 atom stereocenters. The first-order valence-corrected chi connectivity index (χ1v) is 15.6. The van der Waals surface area contributed by atoms with Gasteiger partial charge in [-0.25, -0.2) is 9.69 Å². The molecule has 1 unspecified atom stereocenters. The molecule has 4 aromatic rings. The lowest BCUT2D eigenvalue weighted by molar-refractivity contribution is -0.384. The van der Waals surface area contributed by atoms with Gasteiger partial charge in [-0.05, 0) is 85.3 Å². The Kier molecular flexibility index (Phi) is 10.4. The molecule has 1 saturated heterocycles. The summed E-state index contributed by atoms with van der Waals surface area (Å²) >= 11 is 1.16. The molecule has 13 heteroatoms. The summed E-state index contributed by atoms with van der Waals surface area (Å²) in [5.41, 5.74) is 1.51. The third-order valence-electron chi connectivity index (χ3n) is 7.06. The summed E-state index contributed by atoms with van der Waals surface area (Å²) in [6, 6.07) is 26.5. The van der Waals surface area contributed by atoms with Crippen LogP contribution >= 0.6 is 11.8 Å². The third kappa shape index (κ3) is 8.00. The molecule has 5 rings (SSSR count). The number of non-ortho nitro benzene ring substituents is 1. The summed E-state index contributed by atoms with van der Waals surface area (Å²) < 4.78 is 4.98. The van der Waals surface area contributed by atoms with Gasteiger partial charge in [0.15, 0.2) is 0 Å². The van der Waals surface area contributed by atoms with Crippen molar-refractivity contribution in [3.8, 4) is 0 Å². The number of nitro groups is 1. The minimum atomic E-state index is -0.726. The van der Waals surface area contributed by atoms with E-state index in [0.29, 0.717) is 33.0 Å². The van der Waals surface area contributed by atoms with E-state index in [1.807, 2.05) is 0 Å². The first-order chi connectivity index (χ1) is 23.1. The number of nitro benzene ring substituents is 1. The van der Waals surface area contributed by atoms with Crippen LogP contribution in [0.2, 0.25) is 0 Å². The quantitative estimate of drug-likeness (QED) is 0.0682. The number of ether oxygens (including phenoxy) is 1. The summed E-state index contributed by atoms with van der Waals surface area (Å²) in [7, 11) is 0. The molecule has 2 N–H and O–H groups in total. The number of nitrogens with one attached hydrogen (secondary N) is 2. The number of rotatable bonds is 11. The second-order valence-electron chi connectivity index (χ2n) is 10.4. The van der Waals surface area contributed by atoms with Crippen LogP contribution in [0.15, 0.2) is 114 Å². The van der Waals surface area contributed by atoms with Gasteiger partial charge < -0.3 is 15.4 Å². The fraction of sp³-hybridized carbons (Fsp3) is 0.114. The zero-order valence-electron chi connectivity index (χ0n) is 25.5. The molecule has 1 aliphatic heterocycles. The minimum absolute atomic E-state index is 0.0483. The number of thioether (sulfide) groups is 1. The van der Waals surface area contributed by atoms with Gasteiger partial charge in [0.25, 0.3) is 17.5 Å². The maximum absolute atomic E-state index is 13.5. The molecule has 48 heavy (non-hydrogen) atoms. The zero-order chi connectivity index (χ0) is 34.2. The van der Waals surface area contributed by atoms with Crippen molar-refractivity contribution in [1.82, 2.24) is 5.32 Å². The van der Waals surface area contributed by atoms with Crippen molar-refractivity contribution in [1.29, 1.82) is 0 Å². The highest BCUT2D eigenvalue weighted by molar-refractivity contribution is 8.00. The molecule has 1 fully saturated rings. The second-order valence-corrected chi connectivity index (χ2v) is 11.6. The lowest BCUT2D eigenvalue weighted by atomic mass is 10.1. The number of esters is 1. The van der Waals surface area contributed by atoms with Gasteiger partial charge in [0.05, 0.1) is 28.0 Å². The molecule has 0 saturated carbocycles. The van der Waals surface area contributed by atoms with E-state index in [9.17, 15) is 34.1 Å². The lowest BCUT2D eigenvalue weighted by Gasteiger charge is -2.15. The Balaban J connectivity index is 1.30. The fourth-order valence-corrected chi connectivity index (χ4v) is 5.85. The monoisotopic (exact) mass is 664 g/mol. The predicted octanol–water partition coefficient (Wildman–Crippen LogP) is 5.61. The van der Waals surface area contributed by atoms with Crippen molar-refractivity contribution in [2.45, 2.75) is 23.5 Å². The molecule has 0 spiro atoms. The Hall–Kier alpha value is -6.08. The van der Waals surface area contributed by atoms with Crippen molar-refractivity contribution in [2.24, 2.45) is 0 Å². The SMILES string of the molecule is CCOC(=O)c1ccc(N2C(=O)CC(Sc3cccc(NC(=O)C(=Cc4ccc([N+](=O)[O-])cc4)NC(=O)c4ccccc4)c3)C2=O)cc1. The van der Waals surface area contributed by atoms with E-state index in [1.165, 1.54) is 54.6 Å². The van der Waals surface area contributed by atoms with Gasteiger partial charge in [0.2, 0.25) is 11.8 Å². The van der Waals surface area contributed by atoms with Crippen LogP contribution in [-0.4, -0.2) is 46.4 Å². The molecule has 0 bridgehead atoms. The Morgan fingerprint density at radius 2 is 1.65 bits per heavy atom. The number of imide groups is 1. The van der Waals surface area contributed by atoms with E-state index >= 15 is 0 Å². The molecule has 0 radical (unpaired) electrons. The Morgan fingerprint density at radius 3 is 2.31 bits per heavy atom. The number of amides is 4. The number of carbonyl (C=O) groups is 5. The van der Waals surface area contributed by atoms with E-state index in [-0.39, 0.29) is 30.3 Å². The highest BCUT2D eigenvalue weighted by Crippen LogP contribution is 2.35. The molecule has 12 nitrogen and oxygen atoms in total. The molecule has 4 aromatic carbocycles. The summed E-state index contributed by atoms with van der Waals surface area (Å²) in [6.07, 6.45) is 1.35. The lowest BCUT2D eigenvalue weighted by Crippen LogP contribution is -2.31. The maximum Gasteiger partial charge on any atom is 0.338 e. The molecule has 1 heterocycles. The fourth-order valence-electron chi connectivity index (χ4n) is 4.74. The number of benzene rings is 4. The zero-order valence-corrected chi connectivity index (χ0v) is 26.3. The van der Waals surface area contributed by atoms with Crippen LogP contribution in [0.1, 0.15) is 39.6 Å². The maximum atomic E-state index is 13.5. The molecule has 242 valence electrons. The number of carbonyl (C=O) groups excluding carboxylic acids is 5. The summed E-state index contributed by atoms with van der Waals surface area (Å²) in [5, 5.41) is 15.7. The topological polar surface area (TPSA) is 165 Å². The van der Waals surface area contributed by atoms with Gasteiger partial charge in [0.1, 0.15) is 5.70 Å². The second kappa shape index (κ2) is 15.0. The van der Waals surface area contributed by atoms with Crippen molar-refractivity contribution in [3.63, 3.8) is 0 Å². The van der Waals surface area contributed by atoms with Gasteiger partial charge in [-0.2, -0.15) is 0 Å². The van der Waals surface area contributed by atoms with Crippen molar-refractivity contribution >= 4 is 64.5 Å². The van der Waals surface area contributed by atoms with Crippen molar-refractivity contribution in [2.75, 3.05) is 16.8 Å². The number of nitrogens with zero attached hydrogens (tertiary/aromatic N) is 2. The number of hydrogen-bond acceptors (Lipinski definition) is 9. The van der Waals surface area contributed by atoms with Crippen LogP contribution in [0.25, 0.3) is 6.08 Å². The van der Waals surface area contributed by atoms with Crippen LogP contribution in [-0.2, 0) is 19.1 Å². The summed E-state index contributed by atoms with van der Waals surface area (Å²) in [5.74, 6) is -2.51. The van der Waals surface area contributed by atoms with Crippen LogP contribution in [0.5, 0.6) is 0 Å². The minimum Gasteiger partial charge on any atom is -0.462 e. The van der Waals surface area contributed by atoms with Gasteiger partial charge in [-0.3, -0.25) is 29.3 Å². The highest BCUT2D eigenvalue weighted by Gasteiger charge is 2.40. The van der Waals surface area contributed by atoms with E-state index in [0.717, 1.165) is 16.7 Å². The van der Waals surface area contributed by atoms with E-state index < -0.39 is 33.9 Å². The Morgan fingerprint density at radius 1 is 0.938 bits per heavy atom. The normalized spacial score (nSPS) is 14.4. The largest absolute Gasteiger partial charge is 0.462 e. The number of hydrogen-bond donors (Lipinski definition) is 2.